The van der Waals surface area contributed by atoms with Crippen molar-refractivity contribution >= 4 is 55.6 Å². The Hall–Kier alpha value is -0.790. The van der Waals surface area contributed by atoms with Gasteiger partial charge < -0.3 is 16.0 Å². The second-order valence-electron chi connectivity index (χ2n) is 4.90. The molecule has 0 rings (SSSR count). The third-order valence-corrected chi connectivity index (χ3v) is 4.35. The smallest absolute Gasteiger partial charge is 0.282 e. The molecule has 0 unspecified atom stereocenters. The zero-order valence-corrected chi connectivity index (χ0v) is 16.2. The summed E-state index contributed by atoms with van der Waals surface area (Å²) >= 11 is 10.8. The number of halogens is 3. The fourth-order valence-corrected chi connectivity index (χ4v) is 2.28. The molecule has 0 aromatic heterocycles. The maximum Gasteiger partial charge on any atom is 0.282 e. The van der Waals surface area contributed by atoms with Crippen molar-refractivity contribution in [3.63, 3.8) is 0 Å². The highest BCUT2D eigenvalue weighted by molar-refractivity contribution is 7.80. The fraction of sp³-hybridized carbons (Fsp3) is 0.750. The van der Waals surface area contributed by atoms with E-state index in [9.17, 15) is 27.6 Å². The highest BCUT2D eigenvalue weighted by Crippen LogP contribution is 2.18. The molecular formula is C12H21F3N4O3S3. The van der Waals surface area contributed by atoms with Gasteiger partial charge in [0.25, 0.3) is 29.3 Å². The predicted molar refractivity (Wildman–Crippen MR) is 97.1 cm³/mol. The molecule has 0 aromatic carbocycles. The van der Waals surface area contributed by atoms with Crippen molar-refractivity contribution in [2.75, 3.05) is 30.9 Å². The average Bonchev–Trinajstić information content (AvgIpc) is 2.60. The number of hydrogen-bond donors (Lipinski definition) is 7. The lowest BCUT2D eigenvalue weighted by Crippen LogP contribution is -2.68. The largest absolute Gasteiger partial charge is 0.355 e. The molecule has 0 spiro atoms. The van der Waals surface area contributed by atoms with Gasteiger partial charge in [0.1, 0.15) is 0 Å². The van der Waals surface area contributed by atoms with Crippen LogP contribution in [-0.4, -0.2) is 66.0 Å². The maximum atomic E-state index is 14.7. The van der Waals surface area contributed by atoms with Gasteiger partial charge in [-0.15, -0.1) is 0 Å². The molecule has 0 saturated heterocycles. The molecule has 7 nitrogen and oxygen atoms in total. The first-order valence-electron chi connectivity index (χ1n) is 7.00. The van der Waals surface area contributed by atoms with Crippen LogP contribution < -0.4 is 21.3 Å². The van der Waals surface area contributed by atoms with Crippen LogP contribution in [0.3, 0.4) is 0 Å². The topological polar surface area (TPSA) is 99.3 Å². The summed E-state index contributed by atoms with van der Waals surface area (Å²) in [5.74, 6) is -16.1. The zero-order chi connectivity index (χ0) is 19.9. The molecule has 0 radical (unpaired) electrons. The van der Waals surface area contributed by atoms with Gasteiger partial charge in [0, 0.05) is 12.8 Å². The molecule has 4 N–H and O–H groups in total. The summed E-state index contributed by atoms with van der Waals surface area (Å²) in [5, 5.41) is 7.10. The van der Waals surface area contributed by atoms with E-state index < -0.39 is 52.4 Å². The number of likely N-dealkylation sites (N-methyl/N-ethyl adjacent to an activating group) is 2. The summed E-state index contributed by atoms with van der Waals surface area (Å²) in [6.07, 6.45) is 0. The van der Waals surface area contributed by atoms with Gasteiger partial charge >= 0.3 is 0 Å². The minimum atomic E-state index is -3.29. The summed E-state index contributed by atoms with van der Waals surface area (Å²) in [6, 6.07) is 0. The van der Waals surface area contributed by atoms with E-state index in [1.54, 1.807) is 0 Å². The van der Waals surface area contributed by atoms with Crippen molar-refractivity contribution in [2.24, 2.45) is 0 Å². The molecule has 0 aromatic rings. The van der Waals surface area contributed by atoms with Gasteiger partial charge in [0.2, 0.25) is 5.79 Å². The van der Waals surface area contributed by atoms with Crippen molar-refractivity contribution in [2.45, 2.75) is 24.3 Å². The Morgan fingerprint density at radius 1 is 0.800 bits per heavy atom. The summed E-state index contributed by atoms with van der Waals surface area (Å²) in [6.45, 7) is 1.51. The van der Waals surface area contributed by atoms with Crippen molar-refractivity contribution in [3.8, 4) is 0 Å². The highest BCUT2D eigenvalue weighted by Gasteiger charge is 2.49. The number of carbonyl (C=O) groups excluding carboxylic acids is 3. The van der Waals surface area contributed by atoms with E-state index >= 15 is 0 Å². The molecule has 146 valence electrons. The van der Waals surface area contributed by atoms with E-state index in [0.29, 0.717) is 0 Å². The maximum absolute atomic E-state index is 14.7. The molecule has 0 saturated carbocycles. The normalized spacial score (nSPS) is 18.2. The van der Waals surface area contributed by atoms with Gasteiger partial charge in [-0.25, -0.2) is 13.2 Å². The van der Waals surface area contributed by atoms with Crippen molar-refractivity contribution in [1.82, 2.24) is 21.3 Å². The van der Waals surface area contributed by atoms with Crippen LogP contribution in [-0.2, 0) is 14.4 Å². The van der Waals surface area contributed by atoms with Gasteiger partial charge in [0.05, 0.1) is 11.5 Å². The number of rotatable bonds is 10. The number of nitrogens with one attached hydrogen (secondary N) is 4. The molecule has 0 bridgehead atoms. The van der Waals surface area contributed by atoms with Gasteiger partial charge in [-0.1, -0.05) is 6.92 Å². The van der Waals surface area contributed by atoms with E-state index in [1.165, 1.54) is 17.6 Å². The summed E-state index contributed by atoms with van der Waals surface area (Å²) in [4.78, 5) is 35.5. The van der Waals surface area contributed by atoms with Crippen molar-refractivity contribution in [1.29, 1.82) is 0 Å². The standard InChI is InChI=1S/C12H21F3N4O3S3/c1-3-17-10(13,4-23)8(21)18-12(15,6-25)9(22)19-11(14,5-24)7(20)16-2/h17,23-25H,3-6H2,1-2H3,(H,16,20)(H,18,21)(H,19,22)/t10-,11-,12-/m1/s1. The van der Waals surface area contributed by atoms with E-state index in [2.05, 4.69) is 43.2 Å². The molecule has 25 heavy (non-hydrogen) atoms. The molecule has 0 aliphatic heterocycles. The number of hydrogen-bond acceptors (Lipinski definition) is 7. The van der Waals surface area contributed by atoms with E-state index in [0.717, 1.165) is 7.05 Å². The van der Waals surface area contributed by atoms with Crippen LogP contribution in [0.25, 0.3) is 0 Å². The van der Waals surface area contributed by atoms with Gasteiger partial charge in [-0.2, -0.15) is 37.9 Å². The zero-order valence-electron chi connectivity index (χ0n) is 13.5. The number of thiol groups is 3. The van der Waals surface area contributed by atoms with Crippen LogP contribution in [0.5, 0.6) is 0 Å². The first-order chi connectivity index (χ1) is 11.5. The summed E-state index contributed by atoms with van der Waals surface area (Å²) in [5.41, 5.74) is 0. The SMILES string of the molecule is CCN[C@](F)(CS)C(=O)N[C@](F)(CS)C(=O)N[C@](F)(CS)C(=O)NC. The second kappa shape index (κ2) is 9.78. The molecule has 3 atom stereocenters. The second-order valence-corrected chi connectivity index (χ2v) is 5.84. The highest BCUT2D eigenvalue weighted by atomic mass is 32.1. The first-order valence-corrected chi connectivity index (χ1v) is 8.90. The van der Waals surface area contributed by atoms with Crippen LogP contribution in [0.2, 0.25) is 0 Å². The average molecular weight is 423 g/mol. The molecule has 0 fully saturated rings. The fourth-order valence-electron chi connectivity index (χ4n) is 1.58. The third-order valence-electron chi connectivity index (χ3n) is 3.04. The Bertz CT molecular complexity index is 519. The van der Waals surface area contributed by atoms with Gasteiger partial charge in [-0.3, -0.25) is 19.7 Å². The monoisotopic (exact) mass is 422 g/mol. The Balaban J connectivity index is 5.42. The first kappa shape index (κ1) is 24.2. The lowest BCUT2D eigenvalue weighted by Gasteiger charge is -2.31. The molecule has 0 aliphatic rings. The molecule has 13 heteroatoms. The number of carbonyl (C=O) groups is 3. The Labute approximate surface area is 159 Å². The van der Waals surface area contributed by atoms with Crippen LogP contribution in [0.4, 0.5) is 13.2 Å². The van der Waals surface area contributed by atoms with Gasteiger partial charge in [-0.05, 0) is 6.54 Å². The summed E-state index contributed by atoms with van der Waals surface area (Å²) < 4.78 is 43.5. The molecule has 0 aliphatic carbocycles. The van der Waals surface area contributed by atoms with Crippen LogP contribution in [0, 0.1) is 0 Å². The third kappa shape index (κ3) is 5.86. The molecule has 0 heterocycles. The lowest BCUT2D eigenvalue weighted by molar-refractivity contribution is -0.150. The van der Waals surface area contributed by atoms with Crippen LogP contribution >= 0.6 is 37.9 Å². The van der Waals surface area contributed by atoms with E-state index in [-0.39, 0.29) is 6.54 Å². The van der Waals surface area contributed by atoms with E-state index in [4.69, 9.17) is 0 Å². The Kier molecular flexibility index (Phi) is 9.47. The van der Waals surface area contributed by atoms with Crippen LogP contribution in [0.15, 0.2) is 0 Å². The van der Waals surface area contributed by atoms with Crippen molar-refractivity contribution in [3.05, 3.63) is 0 Å². The lowest BCUT2D eigenvalue weighted by atomic mass is 10.1. The Morgan fingerprint density at radius 2 is 1.16 bits per heavy atom. The van der Waals surface area contributed by atoms with Crippen molar-refractivity contribution < 1.29 is 27.6 Å². The number of alkyl halides is 3. The Morgan fingerprint density at radius 3 is 1.48 bits per heavy atom. The summed E-state index contributed by atoms with van der Waals surface area (Å²) in [7, 11) is 1.09. The van der Waals surface area contributed by atoms with E-state index in [1.807, 2.05) is 5.32 Å². The number of amides is 3. The van der Waals surface area contributed by atoms with Gasteiger partial charge in [0.15, 0.2) is 0 Å². The quantitative estimate of drug-likeness (QED) is 0.188. The van der Waals surface area contributed by atoms with Crippen LogP contribution in [0.1, 0.15) is 6.92 Å². The predicted octanol–water partition coefficient (Wildman–Crippen LogP) is -0.639. The minimum absolute atomic E-state index is 0.0146. The minimum Gasteiger partial charge on any atom is -0.355 e. The molecular weight excluding hydrogens is 401 g/mol. The molecule has 3 amide bonds.